The Morgan fingerprint density at radius 3 is 3.17 bits per heavy atom. The van der Waals surface area contributed by atoms with E-state index < -0.39 is 0 Å². The van der Waals surface area contributed by atoms with Crippen LogP contribution in [0.25, 0.3) is 0 Å². The summed E-state index contributed by atoms with van der Waals surface area (Å²) in [5.74, 6) is 1.60. The summed E-state index contributed by atoms with van der Waals surface area (Å²) < 4.78 is 5.72. The van der Waals surface area contributed by atoms with Gasteiger partial charge in [0, 0.05) is 31.8 Å². The number of amides is 1. The van der Waals surface area contributed by atoms with E-state index in [1.165, 1.54) is 0 Å². The summed E-state index contributed by atoms with van der Waals surface area (Å²) in [6, 6.07) is 3.88. The number of aryl methyl sites for hydroxylation is 2. The summed E-state index contributed by atoms with van der Waals surface area (Å²) in [5.41, 5.74) is 1.08. The molecule has 0 radical (unpaired) electrons. The Balaban J connectivity index is 1.56. The third-order valence-electron chi connectivity index (χ3n) is 3.94. The van der Waals surface area contributed by atoms with Crippen LogP contribution in [0.15, 0.2) is 24.5 Å². The molecule has 2 aromatic heterocycles. The maximum atomic E-state index is 12.4. The van der Waals surface area contributed by atoms with Gasteiger partial charge in [-0.15, -0.1) is 0 Å². The third-order valence-corrected chi connectivity index (χ3v) is 3.94. The van der Waals surface area contributed by atoms with Gasteiger partial charge in [0.1, 0.15) is 11.9 Å². The van der Waals surface area contributed by atoms with E-state index in [-0.39, 0.29) is 12.0 Å². The number of nitrogens with zero attached hydrogens (tertiary/aromatic N) is 4. The molecule has 0 bridgehead atoms. The lowest BCUT2D eigenvalue weighted by molar-refractivity contribution is -0.139. The highest BCUT2D eigenvalue weighted by atomic mass is 16.5. The van der Waals surface area contributed by atoms with Crippen LogP contribution in [0, 0.1) is 0 Å². The Morgan fingerprint density at radius 2 is 2.43 bits per heavy atom. The van der Waals surface area contributed by atoms with Gasteiger partial charge in [0.15, 0.2) is 5.82 Å². The van der Waals surface area contributed by atoms with E-state index in [9.17, 15) is 4.79 Å². The molecule has 1 unspecified atom stereocenters. The number of rotatable bonds is 5. The van der Waals surface area contributed by atoms with Crippen LogP contribution in [0.4, 0.5) is 0 Å². The molecule has 1 aliphatic rings. The van der Waals surface area contributed by atoms with Gasteiger partial charge in [0.2, 0.25) is 5.91 Å². The van der Waals surface area contributed by atoms with E-state index in [1.54, 1.807) is 12.4 Å². The number of hydrogen-bond donors (Lipinski definition) is 1. The normalized spacial score (nSPS) is 18.1. The van der Waals surface area contributed by atoms with Crippen molar-refractivity contribution < 1.29 is 9.53 Å². The number of morpholine rings is 1. The number of hydrogen-bond acceptors (Lipinski definition) is 5. The maximum absolute atomic E-state index is 12.4. The Morgan fingerprint density at radius 1 is 1.52 bits per heavy atom. The zero-order valence-corrected chi connectivity index (χ0v) is 13.2. The fraction of sp³-hybridized carbons (Fsp3) is 0.500. The first kappa shape index (κ1) is 15.6. The van der Waals surface area contributed by atoms with Gasteiger partial charge in [-0.1, -0.05) is 13.0 Å². The van der Waals surface area contributed by atoms with Crippen molar-refractivity contribution >= 4 is 5.91 Å². The van der Waals surface area contributed by atoms with Crippen LogP contribution >= 0.6 is 0 Å². The first-order chi connectivity index (χ1) is 11.3. The molecule has 2 aromatic rings. The monoisotopic (exact) mass is 315 g/mol. The van der Waals surface area contributed by atoms with Gasteiger partial charge in [0.25, 0.3) is 0 Å². The van der Waals surface area contributed by atoms with Crippen LogP contribution in [0.3, 0.4) is 0 Å². The van der Waals surface area contributed by atoms with Gasteiger partial charge >= 0.3 is 0 Å². The van der Waals surface area contributed by atoms with Crippen LogP contribution in [-0.2, 0) is 22.4 Å². The lowest BCUT2D eigenvalue weighted by Gasteiger charge is -2.31. The minimum Gasteiger partial charge on any atom is -0.366 e. The van der Waals surface area contributed by atoms with Crippen molar-refractivity contribution in [2.24, 2.45) is 0 Å². The fourth-order valence-electron chi connectivity index (χ4n) is 2.60. The summed E-state index contributed by atoms with van der Waals surface area (Å²) in [7, 11) is 0. The molecule has 0 aromatic carbocycles. The number of H-pyrrole nitrogens is 1. The molecule has 1 atom stereocenters. The van der Waals surface area contributed by atoms with Crippen molar-refractivity contribution in [1.82, 2.24) is 25.1 Å². The van der Waals surface area contributed by atoms with Crippen LogP contribution in [0.1, 0.15) is 36.7 Å². The van der Waals surface area contributed by atoms with Crippen molar-refractivity contribution in [3.63, 3.8) is 0 Å². The number of carbonyl (C=O) groups is 1. The molecular weight excluding hydrogens is 294 g/mol. The van der Waals surface area contributed by atoms with Crippen LogP contribution < -0.4 is 0 Å². The second-order valence-corrected chi connectivity index (χ2v) is 5.55. The van der Waals surface area contributed by atoms with Crippen LogP contribution in [0.5, 0.6) is 0 Å². The summed E-state index contributed by atoms with van der Waals surface area (Å²) >= 11 is 0. The number of pyridine rings is 1. The SMILES string of the molecule is CCc1nc(C2CN(C(=O)CCc3cccnc3)CCO2)n[nH]1. The zero-order chi connectivity index (χ0) is 16.1. The minimum absolute atomic E-state index is 0.133. The van der Waals surface area contributed by atoms with Crippen LogP contribution in [-0.4, -0.2) is 50.7 Å². The van der Waals surface area contributed by atoms with Gasteiger partial charge in [-0.3, -0.25) is 14.9 Å². The second-order valence-electron chi connectivity index (χ2n) is 5.55. The molecule has 0 aliphatic carbocycles. The van der Waals surface area contributed by atoms with Crippen molar-refractivity contribution in [1.29, 1.82) is 0 Å². The molecule has 1 aliphatic heterocycles. The third kappa shape index (κ3) is 3.92. The number of nitrogens with one attached hydrogen (secondary N) is 1. The molecule has 7 nitrogen and oxygen atoms in total. The predicted octanol–water partition coefficient (Wildman–Crippen LogP) is 1.29. The van der Waals surface area contributed by atoms with Crippen molar-refractivity contribution in [2.75, 3.05) is 19.7 Å². The highest BCUT2D eigenvalue weighted by Crippen LogP contribution is 2.20. The molecule has 23 heavy (non-hydrogen) atoms. The Bertz CT molecular complexity index is 643. The van der Waals surface area contributed by atoms with Crippen LogP contribution in [0.2, 0.25) is 0 Å². The number of aromatic nitrogens is 4. The molecule has 3 heterocycles. The topological polar surface area (TPSA) is 84.0 Å². The van der Waals surface area contributed by atoms with Gasteiger partial charge in [-0.25, -0.2) is 4.98 Å². The predicted molar refractivity (Wildman–Crippen MR) is 83.6 cm³/mol. The molecular formula is C16H21N5O2. The molecule has 122 valence electrons. The van der Waals surface area contributed by atoms with Crippen molar-refractivity contribution in [3.05, 3.63) is 41.7 Å². The van der Waals surface area contributed by atoms with Crippen molar-refractivity contribution in [2.45, 2.75) is 32.3 Å². The molecule has 7 heteroatoms. The van der Waals surface area contributed by atoms with E-state index in [4.69, 9.17) is 4.74 Å². The smallest absolute Gasteiger partial charge is 0.223 e. The maximum Gasteiger partial charge on any atom is 0.223 e. The molecule has 0 saturated carbocycles. The quantitative estimate of drug-likeness (QED) is 0.899. The summed E-state index contributed by atoms with van der Waals surface area (Å²) in [6.45, 7) is 3.65. The molecule has 1 amide bonds. The Hall–Kier alpha value is -2.28. The number of aromatic amines is 1. The van der Waals surface area contributed by atoms with Gasteiger partial charge in [-0.05, 0) is 18.1 Å². The molecule has 1 fully saturated rings. The molecule has 0 spiro atoms. The average Bonchev–Trinajstić information content (AvgIpc) is 3.10. The minimum atomic E-state index is -0.248. The molecule has 1 N–H and O–H groups in total. The fourth-order valence-corrected chi connectivity index (χ4v) is 2.60. The number of ether oxygens (including phenoxy) is 1. The second kappa shape index (κ2) is 7.32. The van der Waals surface area contributed by atoms with Gasteiger partial charge in [-0.2, -0.15) is 5.10 Å². The number of carbonyl (C=O) groups excluding carboxylic acids is 1. The van der Waals surface area contributed by atoms with E-state index in [0.29, 0.717) is 38.4 Å². The highest BCUT2D eigenvalue weighted by molar-refractivity contribution is 5.76. The first-order valence-corrected chi connectivity index (χ1v) is 7.95. The summed E-state index contributed by atoms with van der Waals surface area (Å²) in [5, 5.41) is 7.08. The lowest BCUT2D eigenvalue weighted by Crippen LogP contribution is -2.42. The molecule has 3 rings (SSSR count). The van der Waals surface area contributed by atoms with E-state index in [2.05, 4.69) is 20.2 Å². The lowest BCUT2D eigenvalue weighted by atomic mass is 10.1. The summed E-state index contributed by atoms with van der Waals surface area (Å²) in [6.07, 6.45) is 5.27. The summed E-state index contributed by atoms with van der Waals surface area (Å²) in [4.78, 5) is 22.7. The molecule has 1 saturated heterocycles. The van der Waals surface area contributed by atoms with Crippen molar-refractivity contribution in [3.8, 4) is 0 Å². The average molecular weight is 315 g/mol. The van der Waals surface area contributed by atoms with E-state index >= 15 is 0 Å². The van der Waals surface area contributed by atoms with Gasteiger partial charge < -0.3 is 9.64 Å². The standard InChI is InChI=1S/C16H21N5O2/c1-2-14-18-16(20-19-14)13-11-21(8-9-23-13)15(22)6-5-12-4-3-7-17-10-12/h3-4,7,10,13H,2,5-6,8-9,11H2,1H3,(H,18,19,20). The zero-order valence-electron chi connectivity index (χ0n) is 13.2. The first-order valence-electron chi connectivity index (χ1n) is 7.95. The Kier molecular flexibility index (Phi) is 4.97. The highest BCUT2D eigenvalue weighted by Gasteiger charge is 2.27. The Labute approximate surface area is 135 Å². The van der Waals surface area contributed by atoms with Gasteiger partial charge in [0.05, 0.1) is 13.2 Å². The van der Waals surface area contributed by atoms with E-state index in [1.807, 2.05) is 24.0 Å². The largest absolute Gasteiger partial charge is 0.366 e. The van der Waals surface area contributed by atoms with E-state index in [0.717, 1.165) is 17.8 Å².